The van der Waals surface area contributed by atoms with Gasteiger partial charge in [-0.25, -0.2) is 9.67 Å². The molecule has 0 aromatic carbocycles. The quantitative estimate of drug-likeness (QED) is 0.759. The molecule has 5 nitrogen and oxygen atoms in total. The van der Waals surface area contributed by atoms with E-state index in [2.05, 4.69) is 15.1 Å². The Labute approximate surface area is 116 Å². The molecule has 0 amide bonds. The van der Waals surface area contributed by atoms with Gasteiger partial charge in [-0.05, 0) is 30.9 Å². The number of hydrogen-bond donors (Lipinski definition) is 0. The third-order valence-electron chi connectivity index (χ3n) is 3.12. The van der Waals surface area contributed by atoms with Crippen LogP contribution < -0.4 is 0 Å². The molecule has 0 N–H and O–H groups in total. The van der Waals surface area contributed by atoms with E-state index in [9.17, 15) is 13.2 Å². The summed E-state index contributed by atoms with van der Waals surface area (Å²) in [6.07, 6.45) is -1.73. The lowest BCUT2D eigenvalue weighted by Gasteiger charge is -2.22. The number of hydrogen-bond acceptors (Lipinski definition) is 4. The van der Waals surface area contributed by atoms with E-state index in [1.807, 2.05) is 0 Å². The van der Waals surface area contributed by atoms with Crippen LogP contribution in [-0.4, -0.2) is 26.4 Å². The van der Waals surface area contributed by atoms with Crippen LogP contribution in [-0.2, 0) is 10.9 Å². The number of aromatic nitrogens is 4. The van der Waals surface area contributed by atoms with Crippen LogP contribution in [0.4, 0.5) is 13.2 Å². The highest BCUT2D eigenvalue weighted by atomic mass is 35.5. The molecule has 1 unspecified atom stereocenters. The van der Waals surface area contributed by atoms with Gasteiger partial charge < -0.3 is 4.74 Å². The van der Waals surface area contributed by atoms with Crippen LogP contribution in [0.5, 0.6) is 0 Å². The first-order chi connectivity index (χ1) is 9.47. The Kier molecular flexibility index (Phi) is 3.29. The summed E-state index contributed by atoms with van der Waals surface area (Å²) < 4.78 is 45.6. The Morgan fingerprint density at radius 3 is 2.80 bits per heavy atom. The van der Waals surface area contributed by atoms with E-state index < -0.39 is 18.1 Å². The van der Waals surface area contributed by atoms with Crippen molar-refractivity contribution in [2.45, 2.75) is 31.7 Å². The van der Waals surface area contributed by atoms with Crippen molar-refractivity contribution in [3.63, 3.8) is 0 Å². The molecule has 2 aromatic heterocycles. The molecule has 0 bridgehead atoms. The summed E-state index contributed by atoms with van der Waals surface area (Å²) in [4.78, 5) is 7.46. The van der Waals surface area contributed by atoms with Crippen molar-refractivity contribution in [1.29, 1.82) is 0 Å². The lowest BCUT2D eigenvalue weighted by Crippen LogP contribution is -2.20. The van der Waals surface area contributed by atoms with Crippen LogP contribution >= 0.6 is 11.6 Å². The van der Waals surface area contributed by atoms with E-state index in [0.29, 0.717) is 13.0 Å². The highest BCUT2D eigenvalue weighted by Gasteiger charge is 2.38. The van der Waals surface area contributed by atoms with Gasteiger partial charge in [-0.1, -0.05) is 0 Å². The average Bonchev–Trinajstić information content (AvgIpc) is 2.78. The lowest BCUT2D eigenvalue weighted by molar-refractivity contribution is -0.141. The molecule has 0 radical (unpaired) electrons. The third-order valence-corrected chi connectivity index (χ3v) is 3.30. The normalized spacial score (nSPS) is 20.5. The van der Waals surface area contributed by atoms with E-state index in [1.54, 1.807) is 0 Å². The minimum absolute atomic E-state index is 0.0456. The highest BCUT2D eigenvalue weighted by Crippen LogP contribution is 2.35. The maximum atomic E-state index is 13.0. The number of alkyl halides is 3. The van der Waals surface area contributed by atoms with Gasteiger partial charge in [0.2, 0.25) is 5.28 Å². The van der Waals surface area contributed by atoms with Crippen molar-refractivity contribution >= 4 is 22.6 Å². The SMILES string of the molecule is FC(F)(F)c1nn(C2CCCCO2)c2nc(Cl)ncc12. The highest BCUT2D eigenvalue weighted by molar-refractivity contribution is 6.28. The van der Waals surface area contributed by atoms with Gasteiger partial charge in [0.25, 0.3) is 0 Å². The van der Waals surface area contributed by atoms with Gasteiger partial charge in [-0.3, -0.25) is 0 Å². The van der Waals surface area contributed by atoms with Crippen LogP contribution in [0.25, 0.3) is 11.0 Å². The van der Waals surface area contributed by atoms with Gasteiger partial charge in [0, 0.05) is 12.8 Å². The maximum absolute atomic E-state index is 13.0. The summed E-state index contributed by atoms with van der Waals surface area (Å²) >= 11 is 5.67. The number of rotatable bonds is 1. The molecule has 9 heteroatoms. The molecule has 20 heavy (non-hydrogen) atoms. The van der Waals surface area contributed by atoms with E-state index in [-0.39, 0.29) is 16.3 Å². The fraction of sp³-hybridized carbons (Fsp3) is 0.545. The lowest BCUT2D eigenvalue weighted by atomic mass is 10.2. The van der Waals surface area contributed by atoms with Crippen molar-refractivity contribution in [1.82, 2.24) is 19.7 Å². The van der Waals surface area contributed by atoms with Gasteiger partial charge in [0.05, 0.1) is 5.39 Å². The standard InChI is InChI=1S/C11H10ClF3N4O/c12-10-16-5-6-8(11(13,14)15)18-19(9(6)17-10)7-3-1-2-4-20-7/h5,7H,1-4H2. The van der Waals surface area contributed by atoms with Crippen LogP contribution in [0, 0.1) is 0 Å². The fourth-order valence-corrected chi connectivity index (χ4v) is 2.36. The Morgan fingerprint density at radius 1 is 1.35 bits per heavy atom. The molecule has 1 atom stereocenters. The molecule has 1 aliphatic heterocycles. The van der Waals surface area contributed by atoms with Crippen LogP contribution in [0.3, 0.4) is 0 Å². The minimum Gasteiger partial charge on any atom is -0.356 e. The predicted molar refractivity (Wildman–Crippen MR) is 64.2 cm³/mol. The zero-order valence-corrected chi connectivity index (χ0v) is 10.9. The Bertz CT molecular complexity index is 636. The smallest absolute Gasteiger partial charge is 0.356 e. The summed E-state index contributed by atoms with van der Waals surface area (Å²) in [5.74, 6) is 0. The van der Waals surface area contributed by atoms with Gasteiger partial charge in [0.1, 0.15) is 0 Å². The minimum atomic E-state index is -4.57. The summed E-state index contributed by atoms with van der Waals surface area (Å²) in [7, 11) is 0. The topological polar surface area (TPSA) is 52.8 Å². The number of nitrogens with zero attached hydrogens (tertiary/aromatic N) is 4. The maximum Gasteiger partial charge on any atom is 0.435 e. The third kappa shape index (κ3) is 2.33. The second-order valence-corrected chi connectivity index (χ2v) is 4.83. The monoisotopic (exact) mass is 306 g/mol. The van der Waals surface area contributed by atoms with Crippen LogP contribution in [0.15, 0.2) is 6.20 Å². The molecule has 108 valence electrons. The average molecular weight is 307 g/mol. The van der Waals surface area contributed by atoms with E-state index >= 15 is 0 Å². The molecule has 1 aliphatic rings. The molecule has 0 saturated carbocycles. The summed E-state index contributed by atoms with van der Waals surface area (Å²) in [5, 5.41) is 3.34. The van der Waals surface area contributed by atoms with E-state index in [0.717, 1.165) is 23.7 Å². The van der Waals surface area contributed by atoms with Crippen molar-refractivity contribution in [2.24, 2.45) is 0 Å². The summed E-state index contributed by atoms with van der Waals surface area (Å²) in [6.45, 7) is 0.492. The van der Waals surface area contributed by atoms with Gasteiger partial charge in [0.15, 0.2) is 17.6 Å². The number of fused-ring (bicyclic) bond motifs is 1. The molecule has 1 fully saturated rings. The predicted octanol–water partition coefficient (Wildman–Crippen LogP) is 3.20. The molecule has 1 saturated heterocycles. The zero-order chi connectivity index (χ0) is 14.3. The fourth-order valence-electron chi connectivity index (χ4n) is 2.23. The first kappa shape index (κ1) is 13.6. The van der Waals surface area contributed by atoms with Crippen molar-refractivity contribution in [2.75, 3.05) is 6.61 Å². The van der Waals surface area contributed by atoms with Crippen molar-refractivity contribution in [3.05, 3.63) is 17.2 Å². The Balaban J connectivity index is 2.17. The van der Waals surface area contributed by atoms with Crippen molar-refractivity contribution < 1.29 is 17.9 Å². The summed E-state index contributed by atoms with van der Waals surface area (Å²) in [6, 6.07) is 0. The van der Waals surface area contributed by atoms with Crippen molar-refractivity contribution in [3.8, 4) is 0 Å². The molecular formula is C11H10ClF3N4O. The molecule has 3 heterocycles. The van der Waals surface area contributed by atoms with Crippen LogP contribution in [0.2, 0.25) is 5.28 Å². The van der Waals surface area contributed by atoms with E-state index in [1.165, 1.54) is 0 Å². The second-order valence-electron chi connectivity index (χ2n) is 4.49. The Hall–Kier alpha value is -1.41. The number of ether oxygens (including phenoxy) is 1. The van der Waals surface area contributed by atoms with Gasteiger partial charge in [-0.2, -0.15) is 23.3 Å². The zero-order valence-electron chi connectivity index (χ0n) is 10.2. The number of halogens is 4. The van der Waals surface area contributed by atoms with E-state index in [4.69, 9.17) is 16.3 Å². The largest absolute Gasteiger partial charge is 0.435 e. The van der Waals surface area contributed by atoms with Gasteiger partial charge in [-0.15, -0.1) is 0 Å². The first-order valence-electron chi connectivity index (χ1n) is 6.06. The molecular weight excluding hydrogens is 297 g/mol. The Morgan fingerprint density at radius 2 is 2.15 bits per heavy atom. The molecule has 0 aliphatic carbocycles. The molecule has 0 spiro atoms. The summed E-state index contributed by atoms with van der Waals surface area (Å²) in [5.41, 5.74) is -0.970. The van der Waals surface area contributed by atoms with Crippen LogP contribution in [0.1, 0.15) is 31.2 Å². The van der Waals surface area contributed by atoms with Gasteiger partial charge >= 0.3 is 6.18 Å². The molecule has 3 rings (SSSR count). The first-order valence-corrected chi connectivity index (χ1v) is 6.44. The molecule has 2 aromatic rings. The second kappa shape index (κ2) is 4.85.